The molecule has 2 aromatic carbocycles. The first-order valence-electron chi connectivity index (χ1n) is 7.38. The van der Waals surface area contributed by atoms with Crippen LogP contribution in [0.3, 0.4) is 0 Å². The minimum Gasteiger partial charge on any atom is -0.497 e. The number of thiol groups is 1. The Bertz CT molecular complexity index is 873. The number of methoxy groups -OCH3 is 1. The number of nitrogens with zero attached hydrogens (tertiary/aromatic N) is 2. The number of amides is 1. The fraction of sp³-hybridized carbons (Fsp3) is 0.111. The van der Waals surface area contributed by atoms with Crippen LogP contribution in [0.2, 0.25) is 5.02 Å². The van der Waals surface area contributed by atoms with Crippen molar-refractivity contribution in [3.8, 4) is 11.8 Å². The van der Waals surface area contributed by atoms with Gasteiger partial charge in [-0.05, 0) is 42.0 Å². The predicted octanol–water partition coefficient (Wildman–Crippen LogP) is 3.65. The van der Waals surface area contributed by atoms with E-state index in [9.17, 15) is 10.1 Å². The Morgan fingerprint density at radius 1 is 1.20 bits per heavy atom. The number of hydrogen-bond acceptors (Lipinski definition) is 5. The lowest BCUT2D eigenvalue weighted by Crippen LogP contribution is -2.46. The van der Waals surface area contributed by atoms with Gasteiger partial charge in [0, 0.05) is 10.7 Å². The number of nitrogens with one attached hydrogen (secondary N) is 1. The molecule has 1 heterocycles. The fourth-order valence-corrected chi connectivity index (χ4v) is 3.11. The number of nitriles is 1. The third kappa shape index (κ3) is 3.29. The van der Waals surface area contributed by atoms with Gasteiger partial charge in [-0.25, -0.2) is 0 Å². The zero-order chi connectivity index (χ0) is 18.0. The Labute approximate surface area is 155 Å². The molecular weight excluding hydrogens is 358 g/mol. The lowest BCUT2D eigenvalue weighted by atomic mass is 10.1. The van der Waals surface area contributed by atoms with E-state index >= 15 is 0 Å². The number of ether oxygens (including phenoxy) is 1. The van der Waals surface area contributed by atoms with Crippen LogP contribution in [0.25, 0.3) is 0 Å². The minimum atomic E-state index is -0.510. The van der Waals surface area contributed by atoms with Gasteiger partial charge in [0.05, 0.1) is 12.1 Å². The molecule has 1 aliphatic rings. The van der Waals surface area contributed by atoms with E-state index in [1.165, 1.54) is 0 Å². The molecule has 0 saturated carbocycles. The standard InChI is InChI=1S/C18H14ClN3O2S/c1-24-14-8-2-11(3-9-14)16-21-17(23)15(10-20)18(25)22(16)13-6-4-12(19)5-7-13/h2-9,16,25H,1H3,(H,21,23). The molecule has 0 saturated heterocycles. The zero-order valence-corrected chi connectivity index (χ0v) is 14.9. The van der Waals surface area contributed by atoms with E-state index in [0.717, 1.165) is 11.3 Å². The summed E-state index contributed by atoms with van der Waals surface area (Å²) >= 11 is 10.4. The van der Waals surface area contributed by atoms with Gasteiger partial charge >= 0.3 is 0 Å². The van der Waals surface area contributed by atoms with Crippen molar-refractivity contribution in [2.75, 3.05) is 12.0 Å². The van der Waals surface area contributed by atoms with Gasteiger partial charge in [-0.15, -0.1) is 12.6 Å². The molecule has 0 aliphatic carbocycles. The monoisotopic (exact) mass is 371 g/mol. The molecule has 1 atom stereocenters. The summed E-state index contributed by atoms with van der Waals surface area (Å²) in [7, 11) is 1.59. The average molecular weight is 372 g/mol. The van der Waals surface area contributed by atoms with Crippen molar-refractivity contribution in [3.05, 3.63) is 69.7 Å². The quantitative estimate of drug-likeness (QED) is 0.808. The third-order valence-corrected chi connectivity index (χ3v) is 4.54. The third-order valence-electron chi connectivity index (χ3n) is 3.85. The second-order valence-electron chi connectivity index (χ2n) is 5.31. The molecule has 126 valence electrons. The molecule has 25 heavy (non-hydrogen) atoms. The first kappa shape index (κ1) is 17.2. The lowest BCUT2D eigenvalue weighted by Gasteiger charge is -2.38. The highest BCUT2D eigenvalue weighted by atomic mass is 35.5. The maximum Gasteiger partial charge on any atom is 0.266 e. The van der Waals surface area contributed by atoms with Crippen molar-refractivity contribution in [2.24, 2.45) is 0 Å². The molecule has 0 spiro atoms. The Morgan fingerprint density at radius 2 is 1.84 bits per heavy atom. The molecule has 3 rings (SSSR count). The Hall–Kier alpha value is -2.62. The second kappa shape index (κ2) is 7.09. The lowest BCUT2D eigenvalue weighted by molar-refractivity contribution is -0.118. The van der Waals surface area contributed by atoms with E-state index in [2.05, 4.69) is 17.9 Å². The van der Waals surface area contributed by atoms with Crippen LogP contribution >= 0.6 is 24.2 Å². The first-order valence-corrected chi connectivity index (χ1v) is 8.20. The molecule has 1 unspecified atom stereocenters. The van der Waals surface area contributed by atoms with E-state index in [1.807, 2.05) is 42.5 Å². The summed E-state index contributed by atoms with van der Waals surface area (Å²) in [6.45, 7) is 0. The van der Waals surface area contributed by atoms with E-state index in [0.29, 0.717) is 10.8 Å². The number of halogens is 1. The second-order valence-corrected chi connectivity index (χ2v) is 6.17. The smallest absolute Gasteiger partial charge is 0.266 e. The number of carbonyl (C=O) groups excluding carboxylic acids is 1. The van der Waals surface area contributed by atoms with Gasteiger partial charge in [-0.2, -0.15) is 5.26 Å². The summed E-state index contributed by atoms with van der Waals surface area (Å²) in [5, 5.41) is 13.0. The van der Waals surface area contributed by atoms with Gasteiger partial charge in [-0.1, -0.05) is 23.7 Å². The first-order chi connectivity index (χ1) is 12.0. The van der Waals surface area contributed by atoms with E-state index in [4.69, 9.17) is 16.3 Å². The van der Waals surface area contributed by atoms with Crippen molar-refractivity contribution in [2.45, 2.75) is 6.17 Å². The highest BCUT2D eigenvalue weighted by Gasteiger charge is 2.33. The van der Waals surface area contributed by atoms with Crippen LogP contribution in [-0.2, 0) is 4.79 Å². The van der Waals surface area contributed by atoms with Gasteiger partial charge < -0.3 is 15.0 Å². The Kier molecular flexibility index (Phi) is 4.88. The van der Waals surface area contributed by atoms with Crippen molar-refractivity contribution in [3.63, 3.8) is 0 Å². The molecule has 1 amide bonds. The molecular formula is C18H14ClN3O2S. The molecule has 0 aromatic heterocycles. The van der Waals surface area contributed by atoms with Gasteiger partial charge in [0.1, 0.15) is 23.6 Å². The number of rotatable bonds is 3. The van der Waals surface area contributed by atoms with E-state index in [1.54, 1.807) is 24.1 Å². The van der Waals surface area contributed by atoms with Crippen molar-refractivity contribution < 1.29 is 9.53 Å². The largest absolute Gasteiger partial charge is 0.497 e. The normalized spacial score (nSPS) is 17.1. The predicted molar refractivity (Wildman–Crippen MR) is 99.4 cm³/mol. The van der Waals surface area contributed by atoms with Crippen LogP contribution in [0.1, 0.15) is 11.7 Å². The number of carbonyl (C=O) groups is 1. The number of hydrogen-bond donors (Lipinski definition) is 2. The van der Waals surface area contributed by atoms with Crippen LogP contribution in [0, 0.1) is 11.3 Å². The summed E-state index contributed by atoms with van der Waals surface area (Å²) in [6, 6.07) is 16.3. The maximum absolute atomic E-state index is 12.3. The maximum atomic E-state index is 12.3. The summed E-state index contributed by atoms with van der Waals surface area (Å²) in [5.74, 6) is 0.252. The van der Waals surface area contributed by atoms with Gasteiger partial charge in [0.15, 0.2) is 0 Å². The Morgan fingerprint density at radius 3 is 2.40 bits per heavy atom. The van der Waals surface area contributed by atoms with E-state index < -0.39 is 12.1 Å². The molecule has 1 aliphatic heterocycles. The SMILES string of the molecule is COc1ccc(C2NC(=O)C(C#N)=C(S)N2c2ccc(Cl)cc2)cc1. The number of anilines is 1. The molecule has 0 bridgehead atoms. The Balaban J connectivity index is 2.11. The molecule has 0 radical (unpaired) electrons. The van der Waals surface area contributed by atoms with Crippen LogP contribution < -0.4 is 15.0 Å². The molecule has 5 nitrogen and oxygen atoms in total. The topological polar surface area (TPSA) is 65.4 Å². The molecule has 7 heteroatoms. The minimum absolute atomic E-state index is 0.0388. The van der Waals surface area contributed by atoms with Crippen LogP contribution in [0.5, 0.6) is 5.75 Å². The van der Waals surface area contributed by atoms with Crippen LogP contribution in [0.15, 0.2) is 59.1 Å². The van der Waals surface area contributed by atoms with Crippen molar-refractivity contribution >= 4 is 35.8 Å². The number of benzene rings is 2. The molecule has 1 N–H and O–H groups in total. The fourth-order valence-electron chi connectivity index (χ4n) is 2.60. The van der Waals surface area contributed by atoms with Gasteiger partial charge in [0.25, 0.3) is 5.91 Å². The summed E-state index contributed by atoms with van der Waals surface area (Å²) < 4.78 is 5.17. The summed E-state index contributed by atoms with van der Waals surface area (Å²) in [5.41, 5.74) is 1.54. The van der Waals surface area contributed by atoms with Gasteiger partial charge in [-0.3, -0.25) is 4.79 Å². The molecule has 0 fully saturated rings. The zero-order valence-electron chi connectivity index (χ0n) is 13.2. The summed E-state index contributed by atoms with van der Waals surface area (Å²) in [4.78, 5) is 14.0. The highest BCUT2D eigenvalue weighted by molar-refractivity contribution is 7.84. The van der Waals surface area contributed by atoms with Crippen LogP contribution in [-0.4, -0.2) is 13.0 Å². The summed E-state index contributed by atoms with van der Waals surface area (Å²) in [6.07, 6.45) is -0.510. The van der Waals surface area contributed by atoms with Crippen molar-refractivity contribution in [1.82, 2.24) is 5.32 Å². The highest BCUT2D eigenvalue weighted by Crippen LogP contribution is 2.36. The van der Waals surface area contributed by atoms with Gasteiger partial charge in [0.2, 0.25) is 0 Å². The van der Waals surface area contributed by atoms with E-state index in [-0.39, 0.29) is 10.6 Å². The average Bonchev–Trinajstić information content (AvgIpc) is 2.63. The van der Waals surface area contributed by atoms with Crippen LogP contribution in [0.4, 0.5) is 5.69 Å². The molecule has 2 aromatic rings. The van der Waals surface area contributed by atoms with Crippen molar-refractivity contribution in [1.29, 1.82) is 5.26 Å².